The van der Waals surface area contributed by atoms with E-state index in [1.54, 1.807) is 27.8 Å². The molecule has 1 aliphatic rings. The molecule has 5 rings (SSSR count). The van der Waals surface area contributed by atoms with E-state index in [1.807, 2.05) is 37.3 Å². The van der Waals surface area contributed by atoms with E-state index in [1.165, 1.54) is 18.7 Å². The first-order valence-corrected chi connectivity index (χ1v) is 12.8. The van der Waals surface area contributed by atoms with Crippen LogP contribution in [0.1, 0.15) is 50.0 Å². The van der Waals surface area contributed by atoms with E-state index < -0.39 is 12.5 Å². The van der Waals surface area contributed by atoms with Crippen LogP contribution in [0.2, 0.25) is 5.02 Å². The number of hydrogen-bond donors (Lipinski definition) is 1. The third-order valence-electron chi connectivity index (χ3n) is 7.09. The zero-order valence-electron chi connectivity index (χ0n) is 21.6. The van der Waals surface area contributed by atoms with Crippen LogP contribution in [0.25, 0.3) is 5.65 Å². The largest absolute Gasteiger partial charge is 0.415 e. The number of halogens is 3. The van der Waals surface area contributed by atoms with Gasteiger partial charge in [-0.2, -0.15) is 8.78 Å². The predicted octanol–water partition coefficient (Wildman–Crippen LogP) is 4.37. The van der Waals surface area contributed by atoms with Crippen molar-refractivity contribution < 1.29 is 23.1 Å². The molecule has 2 atom stereocenters. The number of pyridine rings is 1. The number of fused-ring (bicyclic) bond motifs is 1. The molecule has 1 aliphatic heterocycles. The van der Waals surface area contributed by atoms with Crippen LogP contribution < -0.4 is 10.1 Å². The Morgan fingerprint density at radius 3 is 2.67 bits per heavy atom. The number of carbonyl (C=O) groups excluding carboxylic acids is 2. The highest BCUT2D eigenvalue weighted by atomic mass is 35.5. The summed E-state index contributed by atoms with van der Waals surface area (Å²) in [7, 11) is 1.50. The summed E-state index contributed by atoms with van der Waals surface area (Å²) in [5, 5.41) is 7.37. The number of benzene rings is 1. The van der Waals surface area contributed by atoms with Crippen LogP contribution in [0.15, 0.2) is 48.8 Å². The van der Waals surface area contributed by atoms with Crippen LogP contribution in [0.5, 0.6) is 5.88 Å². The summed E-state index contributed by atoms with van der Waals surface area (Å²) in [6.07, 6.45) is 3.91. The molecule has 4 aromatic rings. The zero-order chi connectivity index (χ0) is 27.8. The number of ether oxygens (including phenoxy) is 1. The van der Waals surface area contributed by atoms with Gasteiger partial charge in [0.15, 0.2) is 5.65 Å². The summed E-state index contributed by atoms with van der Waals surface area (Å²) in [6.45, 7) is 1.11. The third kappa shape index (κ3) is 5.18. The summed E-state index contributed by atoms with van der Waals surface area (Å²) >= 11 is 6.42. The second-order valence-electron chi connectivity index (χ2n) is 9.59. The van der Waals surface area contributed by atoms with Gasteiger partial charge in [-0.25, -0.2) is 4.98 Å². The standard InChI is InChI=1S/C27H27ClF2N6O3/c1-15-12-31-23-20(28)11-18(13-36(15)23)26(38)35-10-9-21(19(14-35)17-7-5-4-6-8-17)32-24(37)22-16(2)25(33-34(22)3)39-27(29)30/h4-8,11-13,19,21,27H,9-10,14H2,1-3H3,(H,32,37)/t19-,21-/m1/s1. The van der Waals surface area contributed by atoms with Crippen LogP contribution in [-0.2, 0) is 7.05 Å². The van der Waals surface area contributed by atoms with Gasteiger partial charge < -0.3 is 19.4 Å². The quantitative estimate of drug-likeness (QED) is 0.381. The van der Waals surface area contributed by atoms with Gasteiger partial charge in [0.2, 0.25) is 5.88 Å². The summed E-state index contributed by atoms with van der Waals surface area (Å²) < 4.78 is 33.0. The van der Waals surface area contributed by atoms with Gasteiger partial charge in [-0.1, -0.05) is 41.9 Å². The molecule has 9 nitrogen and oxygen atoms in total. The van der Waals surface area contributed by atoms with Crippen molar-refractivity contribution in [2.24, 2.45) is 7.05 Å². The minimum atomic E-state index is -3.05. The minimum absolute atomic E-state index is 0.134. The summed E-state index contributed by atoms with van der Waals surface area (Å²) in [4.78, 5) is 33.0. The molecule has 39 heavy (non-hydrogen) atoms. The number of likely N-dealkylation sites (tertiary alicyclic amines) is 1. The molecular formula is C27H27ClF2N6O3. The third-order valence-corrected chi connectivity index (χ3v) is 7.37. The van der Waals surface area contributed by atoms with Crippen LogP contribution in [0.4, 0.5) is 8.78 Å². The molecule has 1 fully saturated rings. The summed E-state index contributed by atoms with van der Waals surface area (Å²) in [5.74, 6) is -1.13. The second kappa shape index (κ2) is 10.6. The van der Waals surface area contributed by atoms with Crippen molar-refractivity contribution in [1.29, 1.82) is 0 Å². The lowest BCUT2D eigenvalue weighted by atomic mass is 9.85. The van der Waals surface area contributed by atoms with Gasteiger partial charge in [0.05, 0.1) is 10.6 Å². The number of nitrogens with zero attached hydrogens (tertiary/aromatic N) is 5. The summed E-state index contributed by atoms with van der Waals surface area (Å²) in [6, 6.07) is 10.9. The fourth-order valence-electron chi connectivity index (χ4n) is 5.17. The number of hydrogen-bond acceptors (Lipinski definition) is 5. The lowest BCUT2D eigenvalue weighted by Crippen LogP contribution is -2.51. The van der Waals surface area contributed by atoms with E-state index in [2.05, 4.69) is 20.1 Å². The van der Waals surface area contributed by atoms with Gasteiger partial charge in [0.1, 0.15) is 5.69 Å². The molecular weight excluding hydrogens is 530 g/mol. The van der Waals surface area contributed by atoms with E-state index in [0.717, 1.165) is 11.3 Å². The smallest absolute Gasteiger partial charge is 0.388 e. The van der Waals surface area contributed by atoms with Gasteiger partial charge in [0, 0.05) is 55.7 Å². The van der Waals surface area contributed by atoms with Crippen LogP contribution in [0.3, 0.4) is 0 Å². The average molecular weight is 557 g/mol. The maximum absolute atomic E-state index is 13.6. The SMILES string of the molecule is Cc1c(OC(F)F)nn(C)c1C(=O)N[C@@H]1CCN(C(=O)c2cc(Cl)c3ncc(C)n3c2)C[C@@H]1c1ccccc1. The van der Waals surface area contributed by atoms with E-state index in [4.69, 9.17) is 11.6 Å². The van der Waals surface area contributed by atoms with Gasteiger partial charge in [0.25, 0.3) is 11.8 Å². The van der Waals surface area contributed by atoms with Gasteiger partial charge in [-0.05, 0) is 31.9 Å². The molecule has 3 aromatic heterocycles. The lowest BCUT2D eigenvalue weighted by molar-refractivity contribution is -0.0535. The normalized spacial score (nSPS) is 17.6. The number of nitrogens with one attached hydrogen (secondary N) is 1. The molecule has 204 valence electrons. The fraction of sp³-hybridized carbons (Fsp3) is 0.333. The highest BCUT2D eigenvalue weighted by molar-refractivity contribution is 6.33. The van der Waals surface area contributed by atoms with Crippen molar-refractivity contribution in [3.8, 4) is 5.88 Å². The number of aryl methyl sites for hydroxylation is 2. The predicted molar refractivity (Wildman–Crippen MR) is 140 cm³/mol. The van der Waals surface area contributed by atoms with E-state index in [0.29, 0.717) is 35.7 Å². The maximum Gasteiger partial charge on any atom is 0.388 e. The first-order valence-electron chi connectivity index (χ1n) is 12.4. The Hall–Kier alpha value is -3.99. The highest BCUT2D eigenvalue weighted by Gasteiger charge is 2.35. The molecule has 1 aromatic carbocycles. The number of carbonyl (C=O) groups is 2. The topological polar surface area (TPSA) is 93.8 Å². The molecule has 0 aliphatic carbocycles. The number of aromatic nitrogens is 4. The van der Waals surface area contributed by atoms with Gasteiger partial charge >= 0.3 is 6.61 Å². The van der Waals surface area contributed by atoms with Gasteiger partial charge in [-0.3, -0.25) is 14.3 Å². The minimum Gasteiger partial charge on any atom is -0.415 e. The molecule has 4 heterocycles. The number of piperidine rings is 1. The Labute approximate surface area is 228 Å². The van der Waals surface area contributed by atoms with Gasteiger partial charge in [-0.15, -0.1) is 5.10 Å². The van der Waals surface area contributed by atoms with Crippen LogP contribution in [-0.4, -0.2) is 61.6 Å². The number of alkyl halides is 2. The molecule has 0 radical (unpaired) electrons. The zero-order valence-corrected chi connectivity index (χ0v) is 22.3. The first-order chi connectivity index (χ1) is 18.6. The summed E-state index contributed by atoms with van der Waals surface area (Å²) in [5.41, 5.74) is 3.21. The van der Waals surface area contributed by atoms with Crippen molar-refractivity contribution in [3.05, 3.63) is 81.9 Å². The Balaban J connectivity index is 1.40. The first kappa shape index (κ1) is 26.6. The van der Waals surface area contributed by atoms with E-state index in [9.17, 15) is 18.4 Å². The fourth-order valence-corrected chi connectivity index (χ4v) is 5.42. The molecule has 0 spiro atoms. The molecule has 1 N–H and O–H groups in total. The van der Waals surface area contributed by atoms with Crippen molar-refractivity contribution in [2.75, 3.05) is 13.1 Å². The Kier molecular flexibility index (Phi) is 7.26. The Morgan fingerprint density at radius 1 is 1.21 bits per heavy atom. The maximum atomic E-state index is 13.6. The van der Waals surface area contributed by atoms with Crippen LogP contribution in [0, 0.1) is 13.8 Å². The Morgan fingerprint density at radius 2 is 1.95 bits per heavy atom. The molecule has 0 unspecified atom stereocenters. The second-order valence-corrected chi connectivity index (χ2v) is 9.99. The molecule has 12 heteroatoms. The number of amides is 2. The number of rotatable bonds is 6. The molecule has 1 saturated heterocycles. The van der Waals surface area contributed by atoms with Crippen molar-refractivity contribution >= 4 is 29.1 Å². The van der Waals surface area contributed by atoms with E-state index in [-0.39, 0.29) is 35.0 Å². The van der Waals surface area contributed by atoms with Crippen molar-refractivity contribution in [3.63, 3.8) is 0 Å². The number of imidazole rings is 1. The Bertz CT molecular complexity index is 1540. The van der Waals surface area contributed by atoms with Crippen LogP contribution >= 0.6 is 11.6 Å². The monoisotopic (exact) mass is 556 g/mol. The average Bonchev–Trinajstić information content (AvgIpc) is 3.42. The molecule has 2 amide bonds. The van der Waals surface area contributed by atoms with E-state index >= 15 is 0 Å². The van der Waals surface area contributed by atoms with Crippen molar-refractivity contribution in [2.45, 2.75) is 38.8 Å². The molecule has 0 saturated carbocycles. The van der Waals surface area contributed by atoms with Crippen molar-refractivity contribution in [1.82, 2.24) is 29.4 Å². The molecule has 0 bridgehead atoms. The lowest BCUT2D eigenvalue weighted by Gasteiger charge is -2.39. The highest BCUT2D eigenvalue weighted by Crippen LogP contribution is 2.30.